The Hall–Kier alpha value is -2.91. The number of carbonyl (C=O) groups excluding carboxylic acids is 1. The van der Waals surface area contributed by atoms with Crippen molar-refractivity contribution in [2.75, 3.05) is 39.8 Å². The normalized spacial score (nSPS) is 17.3. The number of rotatable bonds is 6. The van der Waals surface area contributed by atoms with Gasteiger partial charge in [0.15, 0.2) is 11.4 Å². The molecule has 9 heteroatoms. The van der Waals surface area contributed by atoms with Gasteiger partial charge in [0.1, 0.15) is 0 Å². The Morgan fingerprint density at radius 2 is 2.07 bits per heavy atom. The maximum Gasteiger partial charge on any atom is 0.317 e. The molecule has 1 atom stereocenters. The van der Waals surface area contributed by atoms with E-state index in [-0.39, 0.29) is 30.0 Å². The highest BCUT2D eigenvalue weighted by atomic mass is 16.5. The number of benzene rings is 1. The number of aliphatic carboxylic acids is 1. The number of carbonyl (C=O) groups is 2. The molecule has 2 heterocycles. The Morgan fingerprint density at radius 1 is 1.33 bits per heavy atom. The topological polar surface area (TPSA) is 108 Å². The molecule has 2 aromatic rings. The zero-order chi connectivity index (χ0) is 19.4. The third-order valence-corrected chi connectivity index (χ3v) is 4.26. The fraction of sp³-hybridized carbons (Fsp3) is 0.389. The molecule has 1 aliphatic rings. The first-order valence-corrected chi connectivity index (χ1v) is 8.59. The van der Waals surface area contributed by atoms with Gasteiger partial charge in [0.25, 0.3) is 5.91 Å². The van der Waals surface area contributed by atoms with E-state index in [9.17, 15) is 14.7 Å². The number of para-hydroxylation sites is 1. The summed E-state index contributed by atoms with van der Waals surface area (Å²) >= 11 is 0. The maximum atomic E-state index is 12.8. The Balaban J connectivity index is 1.68. The van der Waals surface area contributed by atoms with Crippen LogP contribution < -0.4 is 0 Å². The Labute approximate surface area is 156 Å². The summed E-state index contributed by atoms with van der Waals surface area (Å²) in [7, 11) is 1.69. The van der Waals surface area contributed by atoms with E-state index in [0.29, 0.717) is 26.2 Å². The molecule has 2 N–H and O–H groups in total. The quantitative estimate of drug-likeness (QED) is 0.755. The van der Waals surface area contributed by atoms with E-state index in [1.165, 1.54) is 10.9 Å². The van der Waals surface area contributed by atoms with Crippen LogP contribution in [0, 0.1) is 0 Å². The van der Waals surface area contributed by atoms with Crippen LogP contribution in [0.1, 0.15) is 10.5 Å². The van der Waals surface area contributed by atoms with Crippen LogP contribution in [-0.2, 0) is 9.53 Å². The van der Waals surface area contributed by atoms with Crippen LogP contribution in [0.2, 0.25) is 0 Å². The summed E-state index contributed by atoms with van der Waals surface area (Å²) in [4.78, 5) is 26.8. The van der Waals surface area contributed by atoms with E-state index >= 15 is 0 Å². The highest BCUT2D eigenvalue weighted by molar-refractivity contribution is 5.95. The number of aromatic hydroxyl groups is 1. The maximum absolute atomic E-state index is 12.8. The van der Waals surface area contributed by atoms with Gasteiger partial charge in [0.2, 0.25) is 0 Å². The fourth-order valence-electron chi connectivity index (χ4n) is 3.04. The summed E-state index contributed by atoms with van der Waals surface area (Å²) < 4.78 is 7.09. The first-order valence-electron chi connectivity index (χ1n) is 8.59. The third-order valence-electron chi connectivity index (χ3n) is 4.26. The average Bonchev–Trinajstić information content (AvgIpc) is 3.03. The lowest BCUT2D eigenvalue weighted by Gasteiger charge is -2.34. The summed E-state index contributed by atoms with van der Waals surface area (Å²) in [5, 5.41) is 23.2. The van der Waals surface area contributed by atoms with Gasteiger partial charge in [-0.15, -0.1) is 0 Å². The van der Waals surface area contributed by atoms with E-state index in [0.717, 1.165) is 5.69 Å². The molecule has 0 saturated carbocycles. The monoisotopic (exact) mass is 374 g/mol. The largest absolute Gasteiger partial charge is 0.504 e. The zero-order valence-corrected chi connectivity index (χ0v) is 15.0. The molecule has 0 radical (unpaired) electrons. The molecule has 0 spiro atoms. The second-order valence-corrected chi connectivity index (χ2v) is 6.48. The third kappa shape index (κ3) is 4.63. The van der Waals surface area contributed by atoms with Crippen LogP contribution in [0.3, 0.4) is 0 Å². The molecule has 27 heavy (non-hydrogen) atoms. The molecule has 9 nitrogen and oxygen atoms in total. The molecule has 144 valence electrons. The minimum atomic E-state index is -0.919. The zero-order valence-electron chi connectivity index (χ0n) is 15.0. The Kier molecular flexibility index (Phi) is 5.72. The van der Waals surface area contributed by atoms with Crippen LogP contribution in [0.5, 0.6) is 5.75 Å². The van der Waals surface area contributed by atoms with Gasteiger partial charge >= 0.3 is 5.97 Å². The van der Waals surface area contributed by atoms with E-state index in [4.69, 9.17) is 9.84 Å². The van der Waals surface area contributed by atoms with Crippen molar-refractivity contribution in [2.45, 2.75) is 6.10 Å². The van der Waals surface area contributed by atoms with Gasteiger partial charge in [-0.1, -0.05) is 18.2 Å². The van der Waals surface area contributed by atoms with Gasteiger partial charge in [0, 0.05) is 19.6 Å². The minimum absolute atomic E-state index is 0.0154. The fourth-order valence-corrected chi connectivity index (χ4v) is 3.04. The number of amides is 1. The van der Waals surface area contributed by atoms with Gasteiger partial charge in [-0.05, 0) is 19.2 Å². The van der Waals surface area contributed by atoms with Crippen molar-refractivity contribution >= 4 is 11.9 Å². The van der Waals surface area contributed by atoms with Crippen molar-refractivity contribution in [1.82, 2.24) is 19.6 Å². The van der Waals surface area contributed by atoms with Crippen molar-refractivity contribution < 1.29 is 24.5 Å². The lowest BCUT2D eigenvalue weighted by Crippen LogP contribution is -2.49. The molecule has 1 unspecified atom stereocenters. The van der Waals surface area contributed by atoms with Crippen molar-refractivity contribution in [3.63, 3.8) is 0 Å². The first-order chi connectivity index (χ1) is 12.9. The molecular formula is C18H22N4O5. The van der Waals surface area contributed by atoms with Crippen molar-refractivity contribution in [3.05, 3.63) is 42.2 Å². The van der Waals surface area contributed by atoms with Crippen LogP contribution in [0.25, 0.3) is 5.69 Å². The van der Waals surface area contributed by atoms with Crippen molar-refractivity contribution in [3.8, 4) is 11.4 Å². The van der Waals surface area contributed by atoms with Crippen LogP contribution in [-0.4, -0.2) is 87.6 Å². The number of nitrogens with zero attached hydrogens (tertiary/aromatic N) is 4. The number of morpholine rings is 1. The number of hydrogen-bond acceptors (Lipinski definition) is 6. The summed E-state index contributed by atoms with van der Waals surface area (Å²) in [6.45, 7) is 1.32. The van der Waals surface area contributed by atoms with Gasteiger partial charge in [-0.2, -0.15) is 5.10 Å². The molecular weight excluding hydrogens is 352 g/mol. The number of carboxylic acid groups (broad SMARTS) is 1. The standard InChI is InChI=1S/C18H22N4O5/c1-20(12-16(24)25)9-14-10-21(7-8-27-14)18(26)17-15(23)11-22(19-17)13-5-3-2-4-6-13/h2-6,11,14,23H,7-10,12H2,1H3,(H,24,25). The molecule has 1 aromatic carbocycles. The van der Waals surface area contributed by atoms with Crippen molar-refractivity contribution in [2.24, 2.45) is 0 Å². The van der Waals surface area contributed by atoms with Crippen LogP contribution in [0.15, 0.2) is 36.5 Å². The molecule has 1 saturated heterocycles. The first kappa shape index (κ1) is 18.9. The van der Waals surface area contributed by atoms with Gasteiger partial charge in [0.05, 0.1) is 31.1 Å². The predicted molar refractivity (Wildman–Crippen MR) is 96.0 cm³/mol. The molecule has 3 rings (SSSR count). The number of aromatic nitrogens is 2. The molecule has 1 fully saturated rings. The molecule has 1 aliphatic heterocycles. The lowest BCUT2D eigenvalue weighted by atomic mass is 10.2. The number of likely N-dealkylation sites (N-methyl/N-ethyl adjacent to an activating group) is 1. The van der Waals surface area contributed by atoms with Crippen LogP contribution >= 0.6 is 0 Å². The summed E-state index contributed by atoms with van der Waals surface area (Å²) in [5.74, 6) is -1.48. The summed E-state index contributed by atoms with van der Waals surface area (Å²) in [6.07, 6.45) is 1.10. The van der Waals surface area contributed by atoms with E-state index in [1.54, 1.807) is 16.8 Å². The highest BCUT2D eigenvalue weighted by Gasteiger charge is 2.29. The average molecular weight is 374 g/mol. The number of hydrogen-bond donors (Lipinski definition) is 2. The second-order valence-electron chi connectivity index (χ2n) is 6.48. The Morgan fingerprint density at radius 3 is 2.78 bits per heavy atom. The van der Waals surface area contributed by atoms with Gasteiger partial charge < -0.3 is 19.8 Å². The minimum Gasteiger partial charge on any atom is -0.504 e. The summed E-state index contributed by atoms with van der Waals surface area (Å²) in [5.41, 5.74) is 0.723. The van der Waals surface area contributed by atoms with Crippen molar-refractivity contribution in [1.29, 1.82) is 0 Å². The predicted octanol–water partition coefficient (Wildman–Crippen LogP) is 0.435. The molecule has 0 aliphatic carbocycles. The number of ether oxygens (including phenoxy) is 1. The van der Waals surface area contributed by atoms with E-state index in [1.807, 2.05) is 30.3 Å². The summed E-state index contributed by atoms with van der Waals surface area (Å²) in [6, 6.07) is 9.20. The van der Waals surface area contributed by atoms with Gasteiger partial charge in [-0.3, -0.25) is 14.5 Å². The van der Waals surface area contributed by atoms with E-state index < -0.39 is 5.97 Å². The lowest BCUT2D eigenvalue weighted by molar-refractivity contribution is -0.138. The molecule has 0 bridgehead atoms. The molecule has 1 aromatic heterocycles. The molecule has 1 amide bonds. The SMILES string of the molecule is CN(CC(=O)O)CC1CN(C(=O)c2nn(-c3ccccc3)cc2O)CCO1. The van der Waals surface area contributed by atoms with E-state index in [2.05, 4.69) is 5.10 Å². The smallest absolute Gasteiger partial charge is 0.317 e. The van der Waals surface area contributed by atoms with Crippen LogP contribution in [0.4, 0.5) is 0 Å². The number of carboxylic acids is 1. The van der Waals surface area contributed by atoms with Gasteiger partial charge in [-0.25, -0.2) is 4.68 Å². The highest BCUT2D eigenvalue weighted by Crippen LogP contribution is 2.21. The second kappa shape index (κ2) is 8.19. The Bertz CT molecular complexity index is 807.